The van der Waals surface area contributed by atoms with Gasteiger partial charge < -0.3 is 25.6 Å². The summed E-state index contributed by atoms with van der Waals surface area (Å²) in [5.74, 6) is -2.03. The molecule has 0 atom stereocenters. The number of alkyl carbamates (subject to hydrolysis) is 1. The van der Waals surface area contributed by atoms with Crippen LogP contribution >= 0.6 is 0 Å². The second kappa shape index (κ2) is 10.1. The second-order valence-corrected chi connectivity index (χ2v) is 7.94. The van der Waals surface area contributed by atoms with Gasteiger partial charge in [0.15, 0.2) is 0 Å². The molecule has 0 aliphatic heterocycles. The van der Waals surface area contributed by atoms with Gasteiger partial charge in [0.2, 0.25) is 5.91 Å². The molecule has 0 bridgehead atoms. The maximum Gasteiger partial charge on any atom is 0.407 e. The molecule has 1 aliphatic rings. The lowest BCUT2D eigenvalue weighted by Gasteiger charge is -2.14. The Morgan fingerprint density at radius 1 is 0.912 bits per heavy atom. The zero-order chi connectivity index (χ0) is 24.1. The van der Waals surface area contributed by atoms with Gasteiger partial charge in [-0.25, -0.2) is 9.59 Å². The molecule has 0 fully saturated rings. The van der Waals surface area contributed by atoms with E-state index in [1.165, 1.54) is 18.2 Å². The zero-order valence-electron chi connectivity index (χ0n) is 18.3. The lowest BCUT2D eigenvalue weighted by molar-refractivity contribution is -0.116. The summed E-state index contributed by atoms with van der Waals surface area (Å²) >= 11 is 0. The van der Waals surface area contributed by atoms with E-state index in [0.717, 1.165) is 22.3 Å². The molecule has 3 aromatic rings. The van der Waals surface area contributed by atoms with Crippen molar-refractivity contribution >= 4 is 23.7 Å². The van der Waals surface area contributed by atoms with Gasteiger partial charge in [-0.05, 0) is 46.9 Å². The van der Waals surface area contributed by atoms with Crippen LogP contribution < -0.4 is 10.6 Å². The first kappa shape index (κ1) is 22.8. The van der Waals surface area contributed by atoms with Gasteiger partial charge >= 0.3 is 12.1 Å². The maximum absolute atomic E-state index is 12.2. The summed E-state index contributed by atoms with van der Waals surface area (Å²) < 4.78 is 5.46. The topological polar surface area (TPSA) is 125 Å². The van der Waals surface area contributed by atoms with E-state index < -0.39 is 12.1 Å². The minimum Gasteiger partial charge on any atom is -0.507 e. The summed E-state index contributed by atoms with van der Waals surface area (Å²) in [5, 5.41) is 23.8. The highest BCUT2D eigenvalue weighted by Gasteiger charge is 2.28. The third-order valence-corrected chi connectivity index (χ3v) is 5.70. The van der Waals surface area contributed by atoms with Crippen LogP contribution in [0.3, 0.4) is 0 Å². The van der Waals surface area contributed by atoms with Crippen LogP contribution in [0, 0.1) is 0 Å². The van der Waals surface area contributed by atoms with E-state index in [-0.39, 0.29) is 48.4 Å². The van der Waals surface area contributed by atoms with Crippen LogP contribution in [-0.2, 0) is 9.53 Å². The number of aromatic hydroxyl groups is 1. The van der Waals surface area contributed by atoms with Crippen molar-refractivity contribution in [3.8, 4) is 16.9 Å². The number of aromatic carboxylic acids is 1. The first-order valence-corrected chi connectivity index (χ1v) is 10.9. The molecule has 0 spiro atoms. The van der Waals surface area contributed by atoms with Crippen LogP contribution in [0.15, 0.2) is 66.7 Å². The molecule has 0 unspecified atom stereocenters. The van der Waals surface area contributed by atoms with Gasteiger partial charge in [-0.3, -0.25) is 4.79 Å². The molecule has 0 radical (unpaired) electrons. The number of amides is 2. The van der Waals surface area contributed by atoms with Crippen LogP contribution in [0.25, 0.3) is 11.1 Å². The molecule has 4 rings (SSSR count). The van der Waals surface area contributed by atoms with Gasteiger partial charge in [-0.1, -0.05) is 48.5 Å². The number of hydrogen-bond donors (Lipinski definition) is 4. The van der Waals surface area contributed by atoms with Crippen molar-refractivity contribution in [2.75, 3.05) is 18.5 Å². The van der Waals surface area contributed by atoms with Crippen molar-refractivity contribution in [2.45, 2.75) is 18.8 Å². The number of anilines is 1. The molecule has 4 N–H and O–H groups in total. The fourth-order valence-corrected chi connectivity index (χ4v) is 4.10. The number of phenols is 1. The monoisotopic (exact) mass is 460 g/mol. The third kappa shape index (κ3) is 5.01. The molecule has 2 amide bonds. The standard InChI is InChI=1S/C26H24N2O6/c29-23-12-11-16(14-21(23)25(31)32)28-24(30)10-5-13-27-26(33)34-15-22-19-8-3-1-6-17(19)18-7-2-4-9-20(18)22/h1-4,6-9,11-12,14,22,29H,5,10,13,15H2,(H,27,33)(H,28,30)(H,31,32). The largest absolute Gasteiger partial charge is 0.507 e. The van der Waals surface area contributed by atoms with E-state index in [4.69, 9.17) is 9.84 Å². The molecule has 8 nitrogen and oxygen atoms in total. The number of rotatable bonds is 8. The molecule has 0 saturated heterocycles. The Hall–Kier alpha value is -4.33. The lowest BCUT2D eigenvalue weighted by Crippen LogP contribution is -2.27. The minimum absolute atomic E-state index is 0.0232. The van der Waals surface area contributed by atoms with Crippen LogP contribution in [0.4, 0.5) is 10.5 Å². The SMILES string of the molecule is O=C(CCCNC(=O)OCC1c2ccccc2-c2ccccc21)Nc1ccc(O)c(C(=O)O)c1. The number of carboxylic acid groups (broad SMARTS) is 1. The van der Waals surface area contributed by atoms with Crippen LogP contribution in [-0.4, -0.2) is 41.3 Å². The van der Waals surface area contributed by atoms with E-state index in [1.807, 2.05) is 36.4 Å². The number of benzene rings is 3. The van der Waals surface area contributed by atoms with Gasteiger partial charge in [0.1, 0.15) is 17.9 Å². The Morgan fingerprint density at radius 3 is 2.21 bits per heavy atom. The van der Waals surface area contributed by atoms with E-state index in [9.17, 15) is 19.5 Å². The first-order chi connectivity index (χ1) is 16.4. The van der Waals surface area contributed by atoms with E-state index in [0.29, 0.717) is 6.42 Å². The fourth-order valence-electron chi connectivity index (χ4n) is 4.10. The lowest BCUT2D eigenvalue weighted by atomic mass is 9.98. The maximum atomic E-state index is 12.2. The smallest absolute Gasteiger partial charge is 0.407 e. The number of carbonyl (C=O) groups is 3. The highest BCUT2D eigenvalue weighted by atomic mass is 16.5. The third-order valence-electron chi connectivity index (χ3n) is 5.70. The summed E-state index contributed by atoms with van der Waals surface area (Å²) in [6.45, 7) is 0.465. The molecule has 0 aromatic heterocycles. The molecule has 8 heteroatoms. The van der Waals surface area contributed by atoms with Gasteiger partial charge in [0, 0.05) is 24.6 Å². The number of hydrogen-bond acceptors (Lipinski definition) is 5. The van der Waals surface area contributed by atoms with Crippen molar-refractivity contribution in [1.82, 2.24) is 5.32 Å². The zero-order valence-corrected chi connectivity index (χ0v) is 18.3. The summed E-state index contributed by atoms with van der Waals surface area (Å²) in [5.41, 5.74) is 4.55. The predicted molar refractivity (Wildman–Crippen MR) is 126 cm³/mol. The summed E-state index contributed by atoms with van der Waals surface area (Å²) in [6, 6.07) is 20.0. The van der Waals surface area contributed by atoms with Gasteiger partial charge in [0.25, 0.3) is 0 Å². The second-order valence-electron chi connectivity index (χ2n) is 7.94. The predicted octanol–water partition coefficient (Wildman–Crippen LogP) is 4.35. The van der Waals surface area contributed by atoms with Crippen molar-refractivity contribution in [2.24, 2.45) is 0 Å². The Kier molecular flexibility index (Phi) is 6.77. The minimum atomic E-state index is -1.29. The van der Waals surface area contributed by atoms with Crippen LogP contribution in [0.2, 0.25) is 0 Å². The van der Waals surface area contributed by atoms with Crippen LogP contribution in [0.5, 0.6) is 5.75 Å². The Labute approximate surface area is 196 Å². The van der Waals surface area contributed by atoms with Gasteiger partial charge in [-0.2, -0.15) is 0 Å². The molecule has 0 saturated carbocycles. The summed E-state index contributed by atoms with van der Waals surface area (Å²) in [6.07, 6.45) is -0.0563. The Bertz CT molecular complexity index is 1190. The van der Waals surface area contributed by atoms with Crippen LogP contribution in [0.1, 0.15) is 40.2 Å². The number of nitrogens with one attached hydrogen (secondary N) is 2. The Morgan fingerprint density at radius 2 is 1.56 bits per heavy atom. The molecule has 174 valence electrons. The van der Waals surface area contributed by atoms with Gasteiger partial charge in [0.05, 0.1) is 0 Å². The molecule has 1 aliphatic carbocycles. The molecular weight excluding hydrogens is 436 g/mol. The highest BCUT2D eigenvalue weighted by molar-refractivity contribution is 5.95. The number of fused-ring (bicyclic) bond motifs is 3. The number of carboxylic acids is 1. The average Bonchev–Trinajstić information content (AvgIpc) is 3.15. The molecule has 34 heavy (non-hydrogen) atoms. The average molecular weight is 460 g/mol. The van der Waals surface area contributed by atoms with E-state index in [1.54, 1.807) is 0 Å². The normalized spacial score (nSPS) is 11.9. The van der Waals surface area contributed by atoms with Crippen molar-refractivity contribution in [3.05, 3.63) is 83.4 Å². The Balaban J connectivity index is 1.22. The molecule has 3 aromatic carbocycles. The fraction of sp³-hybridized carbons (Fsp3) is 0.192. The summed E-state index contributed by atoms with van der Waals surface area (Å²) in [4.78, 5) is 35.3. The molecule has 0 heterocycles. The highest BCUT2D eigenvalue weighted by Crippen LogP contribution is 2.44. The van der Waals surface area contributed by atoms with E-state index in [2.05, 4.69) is 22.8 Å². The first-order valence-electron chi connectivity index (χ1n) is 10.9. The molecular formula is C26H24N2O6. The van der Waals surface area contributed by atoms with E-state index >= 15 is 0 Å². The quantitative estimate of drug-likeness (QED) is 0.293. The number of ether oxygens (including phenoxy) is 1. The van der Waals surface area contributed by atoms with Gasteiger partial charge in [-0.15, -0.1) is 0 Å². The van der Waals surface area contributed by atoms with Crippen molar-refractivity contribution in [3.63, 3.8) is 0 Å². The number of carbonyl (C=O) groups excluding carboxylic acids is 2. The van der Waals surface area contributed by atoms with Crippen molar-refractivity contribution in [1.29, 1.82) is 0 Å². The van der Waals surface area contributed by atoms with Crippen molar-refractivity contribution < 1.29 is 29.3 Å². The summed E-state index contributed by atoms with van der Waals surface area (Å²) in [7, 11) is 0.